The topological polar surface area (TPSA) is 69.7 Å². The summed E-state index contributed by atoms with van der Waals surface area (Å²) in [7, 11) is -3.29. The Labute approximate surface area is 167 Å². The number of benzene rings is 2. The lowest BCUT2D eigenvalue weighted by Crippen LogP contribution is -2.27. The van der Waals surface area contributed by atoms with Crippen LogP contribution in [0.4, 0.5) is 11.4 Å². The summed E-state index contributed by atoms with van der Waals surface area (Å²) < 4.78 is 25.1. The molecule has 0 saturated carbocycles. The maximum atomic E-state index is 12.7. The second kappa shape index (κ2) is 8.32. The van der Waals surface area contributed by atoms with E-state index in [0.717, 1.165) is 36.4 Å². The monoisotopic (exact) mass is 401 g/mol. The van der Waals surface area contributed by atoms with Crippen LogP contribution in [0.25, 0.3) is 0 Å². The van der Waals surface area contributed by atoms with Gasteiger partial charge in [0, 0.05) is 24.3 Å². The van der Waals surface area contributed by atoms with Crippen LogP contribution in [-0.2, 0) is 23.0 Å². The number of sulfonamides is 1. The first kappa shape index (κ1) is 20.4. The molecule has 0 unspecified atom stereocenters. The lowest BCUT2D eigenvalue weighted by molar-refractivity contribution is 0.102. The molecule has 1 aliphatic heterocycles. The lowest BCUT2D eigenvalue weighted by Gasteiger charge is -2.18. The number of rotatable bonds is 7. The molecule has 0 bridgehead atoms. The molecule has 0 radical (unpaired) electrons. The molecule has 7 heteroatoms. The first-order valence-corrected chi connectivity index (χ1v) is 11.4. The van der Waals surface area contributed by atoms with E-state index in [9.17, 15) is 13.2 Å². The van der Waals surface area contributed by atoms with E-state index in [0.29, 0.717) is 24.2 Å². The molecule has 0 atom stereocenters. The van der Waals surface area contributed by atoms with E-state index < -0.39 is 10.0 Å². The number of hydrogen-bond donors (Lipinski definition) is 1. The van der Waals surface area contributed by atoms with Crippen molar-refractivity contribution in [3.8, 4) is 0 Å². The molecule has 0 saturated heterocycles. The van der Waals surface area contributed by atoms with E-state index in [1.54, 1.807) is 18.2 Å². The molecule has 1 aliphatic rings. The number of carbonyl (C=O) groups excluding carboxylic acids is 1. The van der Waals surface area contributed by atoms with Gasteiger partial charge in [-0.3, -0.25) is 14.0 Å². The number of amides is 1. The van der Waals surface area contributed by atoms with Gasteiger partial charge in [0.05, 0.1) is 11.9 Å². The van der Waals surface area contributed by atoms with Gasteiger partial charge in [-0.15, -0.1) is 0 Å². The number of nitrogens with zero attached hydrogens (tertiary/aromatic N) is 2. The van der Waals surface area contributed by atoms with E-state index in [-0.39, 0.29) is 5.91 Å². The van der Waals surface area contributed by atoms with Crippen molar-refractivity contribution in [2.75, 3.05) is 35.5 Å². The van der Waals surface area contributed by atoms with Crippen LogP contribution < -0.4 is 9.62 Å². The Morgan fingerprint density at radius 3 is 2.57 bits per heavy atom. The molecular formula is C21H27N3O3S. The van der Waals surface area contributed by atoms with Gasteiger partial charge in [0.2, 0.25) is 10.0 Å². The van der Waals surface area contributed by atoms with Crippen LogP contribution in [0.3, 0.4) is 0 Å². The normalized spacial score (nSPS) is 13.6. The van der Waals surface area contributed by atoms with Crippen molar-refractivity contribution in [3.63, 3.8) is 0 Å². The van der Waals surface area contributed by atoms with Crippen molar-refractivity contribution < 1.29 is 13.2 Å². The Morgan fingerprint density at radius 2 is 1.89 bits per heavy atom. The molecular weight excluding hydrogens is 374 g/mol. The fourth-order valence-electron chi connectivity index (χ4n) is 3.51. The summed E-state index contributed by atoms with van der Waals surface area (Å²) in [5, 5.41) is 2.95. The summed E-state index contributed by atoms with van der Waals surface area (Å²) in [6.45, 7) is 7.49. The van der Waals surface area contributed by atoms with Gasteiger partial charge in [-0.1, -0.05) is 26.0 Å². The van der Waals surface area contributed by atoms with Crippen molar-refractivity contribution >= 4 is 27.3 Å². The third-order valence-electron chi connectivity index (χ3n) is 5.08. The minimum absolute atomic E-state index is 0.194. The van der Waals surface area contributed by atoms with Crippen LogP contribution in [0.15, 0.2) is 42.5 Å². The number of carbonyl (C=O) groups is 1. The molecule has 2 aromatic carbocycles. The molecule has 1 N–H and O–H groups in total. The van der Waals surface area contributed by atoms with E-state index in [1.807, 2.05) is 18.2 Å². The summed E-state index contributed by atoms with van der Waals surface area (Å²) in [5.74, 6) is -0.194. The van der Waals surface area contributed by atoms with Gasteiger partial charge < -0.3 is 5.32 Å². The van der Waals surface area contributed by atoms with Crippen molar-refractivity contribution in [1.82, 2.24) is 4.90 Å². The fourth-order valence-corrected chi connectivity index (χ4v) is 4.47. The van der Waals surface area contributed by atoms with Gasteiger partial charge in [0.15, 0.2) is 0 Å². The zero-order chi connectivity index (χ0) is 20.3. The van der Waals surface area contributed by atoms with E-state index >= 15 is 0 Å². The second-order valence-electron chi connectivity index (χ2n) is 7.04. The lowest BCUT2D eigenvalue weighted by atomic mass is 10.1. The van der Waals surface area contributed by atoms with E-state index in [1.165, 1.54) is 10.6 Å². The third-order valence-corrected chi connectivity index (χ3v) is 6.26. The SMILES string of the molecule is CCN(CC)Cc1cccc(NC(=O)c2ccc3c(c2)CCN3S(C)(=O)=O)c1. The summed E-state index contributed by atoms with van der Waals surface area (Å²) in [6.07, 6.45) is 1.82. The van der Waals surface area contributed by atoms with Gasteiger partial charge in [-0.05, 0) is 61.0 Å². The molecule has 1 heterocycles. The van der Waals surface area contributed by atoms with Crippen LogP contribution in [-0.4, -0.2) is 45.1 Å². The highest BCUT2D eigenvalue weighted by Crippen LogP contribution is 2.31. The minimum atomic E-state index is -3.29. The smallest absolute Gasteiger partial charge is 0.255 e. The molecule has 3 rings (SSSR count). The fraction of sp³-hybridized carbons (Fsp3) is 0.381. The Kier molecular flexibility index (Phi) is 6.05. The molecule has 28 heavy (non-hydrogen) atoms. The Hall–Kier alpha value is -2.38. The quantitative estimate of drug-likeness (QED) is 0.774. The van der Waals surface area contributed by atoms with E-state index in [2.05, 4.69) is 30.1 Å². The average molecular weight is 402 g/mol. The summed E-state index contributed by atoms with van der Waals surface area (Å²) in [5.41, 5.74) is 3.99. The summed E-state index contributed by atoms with van der Waals surface area (Å²) in [6, 6.07) is 13.1. The first-order chi connectivity index (χ1) is 13.3. The van der Waals surface area contributed by atoms with Crippen LogP contribution in [0.2, 0.25) is 0 Å². The van der Waals surface area contributed by atoms with Crippen molar-refractivity contribution in [1.29, 1.82) is 0 Å². The molecule has 6 nitrogen and oxygen atoms in total. The number of anilines is 2. The van der Waals surface area contributed by atoms with Crippen LogP contribution in [0.5, 0.6) is 0 Å². The molecule has 0 fully saturated rings. The highest BCUT2D eigenvalue weighted by molar-refractivity contribution is 7.92. The maximum Gasteiger partial charge on any atom is 0.255 e. The number of fused-ring (bicyclic) bond motifs is 1. The maximum absolute atomic E-state index is 12.7. The highest BCUT2D eigenvalue weighted by Gasteiger charge is 2.26. The molecule has 0 aromatic heterocycles. The van der Waals surface area contributed by atoms with Crippen molar-refractivity contribution in [2.24, 2.45) is 0 Å². The van der Waals surface area contributed by atoms with Gasteiger partial charge in [0.25, 0.3) is 5.91 Å². The van der Waals surface area contributed by atoms with E-state index in [4.69, 9.17) is 0 Å². The molecule has 1 amide bonds. The van der Waals surface area contributed by atoms with Crippen molar-refractivity contribution in [2.45, 2.75) is 26.8 Å². The van der Waals surface area contributed by atoms with Crippen LogP contribution >= 0.6 is 0 Å². The highest BCUT2D eigenvalue weighted by atomic mass is 32.2. The molecule has 150 valence electrons. The van der Waals surface area contributed by atoms with Crippen LogP contribution in [0, 0.1) is 0 Å². The van der Waals surface area contributed by atoms with Crippen LogP contribution in [0.1, 0.15) is 35.3 Å². The zero-order valence-electron chi connectivity index (χ0n) is 16.6. The second-order valence-corrected chi connectivity index (χ2v) is 8.95. The van der Waals surface area contributed by atoms with Gasteiger partial charge in [0.1, 0.15) is 0 Å². The number of nitrogens with one attached hydrogen (secondary N) is 1. The molecule has 0 spiro atoms. The Balaban J connectivity index is 1.74. The predicted molar refractivity (Wildman–Crippen MR) is 113 cm³/mol. The van der Waals surface area contributed by atoms with Gasteiger partial charge in [-0.2, -0.15) is 0 Å². The predicted octanol–water partition coefficient (Wildman–Crippen LogP) is 3.10. The number of hydrogen-bond acceptors (Lipinski definition) is 4. The van der Waals surface area contributed by atoms with Gasteiger partial charge in [-0.25, -0.2) is 8.42 Å². The molecule has 0 aliphatic carbocycles. The summed E-state index contributed by atoms with van der Waals surface area (Å²) >= 11 is 0. The standard InChI is InChI=1S/C21H27N3O3S/c1-4-23(5-2)15-16-7-6-8-19(13-16)22-21(25)18-9-10-20-17(14-18)11-12-24(20)28(3,26)27/h6-10,13-14H,4-5,11-12,15H2,1-3H3,(H,22,25). The zero-order valence-corrected chi connectivity index (χ0v) is 17.4. The summed E-state index contributed by atoms with van der Waals surface area (Å²) in [4.78, 5) is 15.0. The average Bonchev–Trinajstić information content (AvgIpc) is 3.10. The Morgan fingerprint density at radius 1 is 1.14 bits per heavy atom. The molecule has 2 aromatic rings. The minimum Gasteiger partial charge on any atom is -0.322 e. The largest absolute Gasteiger partial charge is 0.322 e. The Bertz CT molecular complexity index is 969. The third kappa shape index (κ3) is 4.54. The van der Waals surface area contributed by atoms with Crippen molar-refractivity contribution in [3.05, 3.63) is 59.2 Å². The first-order valence-electron chi connectivity index (χ1n) is 9.55. The van der Waals surface area contributed by atoms with Gasteiger partial charge >= 0.3 is 0 Å².